The molecule has 0 amide bonds. The van der Waals surface area contributed by atoms with E-state index >= 15 is 0 Å². The molecule has 2 aromatic heterocycles. The van der Waals surface area contributed by atoms with E-state index in [9.17, 15) is 0 Å². The van der Waals surface area contributed by atoms with Gasteiger partial charge in [-0.05, 0) is 31.0 Å². The molecule has 0 saturated heterocycles. The summed E-state index contributed by atoms with van der Waals surface area (Å²) in [4.78, 5) is 1.48. The summed E-state index contributed by atoms with van der Waals surface area (Å²) >= 11 is 0. The van der Waals surface area contributed by atoms with Crippen LogP contribution in [0.5, 0.6) is 0 Å². The summed E-state index contributed by atoms with van der Waals surface area (Å²) in [5, 5.41) is 20.4. The normalized spacial score (nSPS) is 11.2. The number of nitrogens with one attached hydrogen (secondary N) is 1. The Balaban J connectivity index is 2.24. The Labute approximate surface area is 125 Å². The highest BCUT2D eigenvalue weighted by Crippen LogP contribution is 2.17. The van der Waals surface area contributed by atoms with E-state index in [0.29, 0.717) is 12.4 Å². The number of aromatic nitrogens is 6. The zero-order valence-electron chi connectivity index (χ0n) is 13.4. The Morgan fingerprint density at radius 2 is 1.90 bits per heavy atom. The summed E-state index contributed by atoms with van der Waals surface area (Å²) in [5.41, 5.74) is 3.76. The molecule has 7 heteroatoms. The number of hydrogen-bond donors (Lipinski definition) is 1. The van der Waals surface area contributed by atoms with Crippen LogP contribution in [0.25, 0.3) is 0 Å². The predicted octanol–water partition coefficient (Wildman–Crippen LogP) is 1.08. The SMILES string of the molecule is CCCNCc1c(CC)nn(Cc2nnn(C)n2)c1CC. The molecule has 0 atom stereocenters. The van der Waals surface area contributed by atoms with Crippen molar-refractivity contribution in [3.8, 4) is 0 Å². The van der Waals surface area contributed by atoms with E-state index in [4.69, 9.17) is 5.10 Å². The molecule has 0 aliphatic heterocycles. The van der Waals surface area contributed by atoms with E-state index in [2.05, 4.69) is 41.5 Å². The fraction of sp³-hybridized carbons (Fsp3) is 0.714. The molecule has 2 heterocycles. The quantitative estimate of drug-likeness (QED) is 0.737. The molecule has 0 spiro atoms. The van der Waals surface area contributed by atoms with Gasteiger partial charge in [-0.1, -0.05) is 20.8 Å². The van der Waals surface area contributed by atoms with Crippen molar-refractivity contribution in [1.82, 2.24) is 35.3 Å². The first-order valence-corrected chi connectivity index (χ1v) is 7.70. The number of nitrogens with zero attached hydrogens (tertiary/aromatic N) is 6. The summed E-state index contributed by atoms with van der Waals surface area (Å²) in [7, 11) is 1.78. The first kappa shape index (κ1) is 15.6. The third-order valence-corrected chi connectivity index (χ3v) is 3.49. The van der Waals surface area contributed by atoms with Crippen molar-refractivity contribution in [2.45, 2.75) is 53.1 Å². The summed E-state index contributed by atoms with van der Waals surface area (Å²) in [6.07, 6.45) is 3.04. The van der Waals surface area contributed by atoms with Gasteiger partial charge in [-0.15, -0.1) is 10.2 Å². The summed E-state index contributed by atoms with van der Waals surface area (Å²) in [5.74, 6) is 0.699. The molecule has 1 N–H and O–H groups in total. The molecule has 116 valence electrons. The smallest absolute Gasteiger partial charge is 0.196 e. The molecule has 0 unspecified atom stereocenters. The Morgan fingerprint density at radius 1 is 1.10 bits per heavy atom. The first-order chi connectivity index (χ1) is 10.2. The van der Waals surface area contributed by atoms with Gasteiger partial charge in [0.2, 0.25) is 0 Å². The van der Waals surface area contributed by atoms with Crippen LogP contribution in [0.3, 0.4) is 0 Å². The highest BCUT2D eigenvalue weighted by atomic mass is 15.6. The lowest BCUT2D eigenvalue weighted by atomic mass is 10.1. The summed E-state index contributed by atoms with van der Waals surface area (Å²) in [6.45, 7) is 8.99. The van der Waals surface area contributed by atoms with E-state index < -0.39 is 0 Å². The van der Waals surface area contributed by atoms with Crippen molar-refractivity contribution in [3.63, 3.8) is 0 Å². The topological polar surface area (TPSA) is 73.5 Å². The van der Waals surface area contributed by atoms with E-state index in [1.54, 1.807) is 7.05 Å². The Bertz CT molecular complexity index is 570. The maximum Gasteiger partial charge on any atom is 0.196 e. The monoisotopic (exact) mass is 291 g/mol. The average Bonchev–Trinajstić information content (AvgIpc) is 3.03. The molecule has 0 aromatic carbocycles. The van der Waals surface area contributed by atoms with Crippen molar-refractivity contribution in [3.05, 3.63) is 22.8 Å². The van der Waals surface area contributed by atoms with Crippen molar-refractivity contribution in [2.24, 2.45) is 7.05 Å². The van der Waals surface area contributed by atoms with Gasteiger partial charge in [0, 0.05) is 17.8 Å². The second kappa shape index (κ2) is 7.31. The summed E-state index contributed by atoms with van der Waals surface area (Å²) < 4.78 is 2.03. The first-order valence-electron chi connectivity index (χ1n) is 7.70. The van der Waals surface area contributed by atoms with Crippen LogP contribution in [0.4, 0.5) is 0 Å². The zero-order chi connectivity index (χ0) is 15.2. The van der Waals surface area contributed by atoms with Gasteiger partial charge in [0.25, 0.3) is 0 Å². The van der Waals surface area contributed by atoms with Crippen LogP contribution in [0.2, 0.25) is 0 Å². The molecule has 0 radical (unpaired) electrons. The van der Waals surface area contributed by atoms with Crippen molar-refractivity contribution in [1.29, 1.82) is 0 Å². The minimum atomic E-state index is 0.581. The molecule has 2 aromatic rings. The molecular formula is C14H25N7. The van der Waals surface area contributed by atoms with Crippen molar-refractivity contribution >= 4 is 0 Å². The van der Waals surface area contributed by atoms with Crippen molar-refractivity contribution in [2.75, 3.05) is 6.54 Å². The van der Waals surface area contributed by atoms with Gasteiger partial charge in [0.05, 0.1) is 12.7 Å². The fourth-order valence-corrected chi connectivity index (χ4v) is 2.51. The third kappa shape index (κ3) is 3.66. The van der Waals surface area contributed by atoms with Crippen LogP contribution >= 0.6 is 0 Å². The van der Waals surface area contributed by atoms with E-state index in [1.165, 1.54) is 21.7 Å². The van der Waals surface area contributed by atoms with Gasteiger partial charge in [0.15, 0.2) is 5.82 Å². The van der Waals surface area contributed by atoms with E-state index in [0.717, 1.165) is 32.4 Å². The molecule has 0 fully saturated rings. The molecule has 0 aliphatic carbocycles. The summed E-state index contributed by atoms with van der Waals surface area (Å²) in [6, 6.07) is 0. The largest absolute Gasteiger partial charge is 0.313 e. The molecule has 21 heavy (non-hydrogen) atoms. The molecule has 2 rings (SSSR count). The second-order valence-corrected chi connectivity index (χ2v) is 5.11. The average molecular weight is 291 g/mol. The molecular weight excluding hydrogens is 266 g/mol. The predicted molar refractivity (Wildman–Crippen MR) is 80.9 cm³/mol. The second-order valence-electron chi connectivity index (χ2n) is 5.11. The lowest BCUT2D eigenvalue weighted by molar-refractivity contribution is 0.600. The lowest BCUT2D eigenvalue weighted by Crippen LogP contribution is -2.16. The number of aryl methyl sites for hydroxylation is 2. The van der Waals surface area contributed by atoms with Gasteiger partial charge in [0.1, 0.15) is 6.54 Å². The van der Waals surface area contributed by atoms with Gasteiger partial charge in [-0.3, -0.25) is 4.68 Å². The van der Waals surface area contributed by atoms with Crippen LogP contribution in [0, 0.1) is 0 Å². The van der Waals surface area contributed by atoms with Crippen LogP contribution in [-0.4, -0.2) is 36.5 Å². The van der Waals surface area contributed by atoms with E-state index in [1.807, 2.05) is 4.68 Å². The van der Waals surface area contributed by atoms with Crippen LogP contribution in [0.15, 0.2) is 0 Å². The Morgan fingerprint density at radius 3 is 2.48 bits per heavy atom. The van der Waals surface area contributed by atoms with Crippen LogP contribution < -0.4 is 5.32 Å². The van der Waals surface area contributed by atoms with Gasteiger partial charge < -0.3 is 5.32 Å². The minimum absolute atomic E-state index is 0.581. The molecule has 0 bridgehead atoms. The zero-order valence-corrected chi connectivity index (χ0v) is 13.4. The standard InChI is InChI=1S/C14H25N7/c1-5-8-15-9-11-12(6-2)17-21(13(11)7-3)10-14-16-19-20(4)18-14/h15H,5-10H2,1-4H3. The van der Waals surface area contributed by atoms with Crippen LogP contribution in [-0.2, 0) is 33.0 Å². The van der Waals surface area contributed by atoms with Gasteiger partial charge in [-0.25, -0.2) is 0 Å². The number of tetrazole rings is 1. The van der Waals surface area contributed by atoms with Gasteiger partial charge in [-0.2, -0.15) is 9.90 Å². The van der Waals surface area contributed by atoms with Gasteiger partial charge >= 0.3 is 0 Å². The number of hydrogen-bond acceptors (Lipinski definition) is 5. The molecule has 7 nitrogen and oxygen atoms in total. The lowest BCUT2D eigenvalue weighted by Gasteiger charge is -2.07. The minimum Gasteiger partial charge on any atom is -0.313 e. The van der Waals surface area contributed by atoms with Crippen molar-refractivity contribution < 1.29 is 0 Å². The Hall–Kier alpha value is -1.76. The maximum atomic E-state index is 4.74. The maximum absolute atomic E-state index is 4.74. The third-order valence-electron chi connectivity index (χ3n) is 3.49. The molecule has 0 saturated carbocycles. The Kier molecular flexibility index (Phi) is 5.44. The highest BCUT2D eigenvalue weighted by molar-refractivity contribution is 5.27. The molecule has 0 aliphatic rings. The fourth-order valence-electron chi connectivity index (χ4n) is 2.51. The van der Waals surface area contributed by atoms with E-state index in [-0.39, 0.29) is 0 Å². The number of rotatable bonds is 8. The van der Waals surface area contributed by atoms with Crippen LogP contribution in [0.1, 0.15) is 50.0 Å². The highest BCUT2D eigenvalue weighted by Gasteiger charge is 2.16.